The van der Waals surface area contributed by atoms with Crippen molar-refractivity contribution in [3.05, 3.63) is 65.5 Å². The summed E-state index contributed by atoms with van der Waals surface area (Å²) in [6.45, 7) is 1.31. The monoisotopic (exact) mass is 382 g/mol. The second-order valence-electron chi connectivity index (χ2n) is 6.60. The van der Waals surface area contributed by atoms with Gasteiger partial charge in [0, 0.05) is 19.3 Å². The molecule has 1 atom stereocenters. The van der Waals surface area contributed by atoms with Gasteiger partial charge in [-0.15, -0.1) is 0 Å². The van der Waals surface area contributed by atoms with E-state index in [0.29, 0.717) is 19.5 Å². The number of rotatable bonds is 6. The zero-order valence-electron chi connectivity index (χ0n) is 15.3. The Bertz CT molecular complexity index is 839. The third-order valence-electron chi connectivity index (χ3n) is 4.57. The fourth-order valence-electron chi connectivity index (χ4n) is 3.08. The molecule has 1 unspecified atom stereocenters. The van der Waals surface area contributed by atoms with Gasteiger partial charge in [-0.1, -0.05) is 18.2 Å². The summed E-state index contributed by atoms with van der Waals surface area (Å²) in [6, 6.07) is 10.8. The number of hydrogen-bond acceptors (Lipinski definition) is 4. The maximum Gasteiger partial charge on any atom is 0.335 e. The van der Waals surface area contributed by atoms with Crippen LogP contribution in [0.1, 0.15) is 34.5 Å². The molecule has 3 N–H and O–H groups in total. The van der Waals surface area contributed by atoms with E-state index in [1.807, 2.05) is 18.2 Å². The van der Waals surface area contributed by atoms with Gasteiger partial charge in [0.15, 0.2) is 0 Å². The predicted molar refractivity (Wildman–Crippen MR) is 101 cm³/mol. The molecule has 28 heavy (non-hydrogen) atoms. The van der Waals surface area contributed by atoms with Crippen molar-refractivity contribution in [3.8, 4) is 0 Å². The number of carbonyl (C=O) groups excluding carboxylic acids is 2. The molecule has 0 aliphatic carbocycles. The lowest BCUT2D eigenvalue weighted by atomic mass is 10.0. The number of piperidine rings is 1. The van der Waals surface area contributed by atoms with Crippen LogP contribution in [0, 0.1) is 0 Å². The molecular weight excluding hydrogens is 360 g/mol. The number of urea groups is 1. The number of amides is 3. The number of carboxylic acid groups (broad SMARTS) is 1. The Hall–Kier alpha value is -3.42. The maximum atomic E-state index is 12.6. The molecule has 1 fully saturated rings. The van der Waals surface area contributed by atoms with Gasteiger partial charge in [0.05, 0.1) is 17.8 Å². The van der Waals surface area contributed by atoms with E-state index >= 15 is 0 Å². The fraction of sp³-hybridized carbons (Fsp3) is 0.300. The summed E-state index contributed by atoms with van der Waals surface area (Å²) >= 11 is 0. The van der Waals surface area contributed by atoms with Gasteiger partial charge in [-0.25, -0.2) is 9.59 Å². The Kier molecular flexibility index (Phi) is 6.21. The SMILES string of the molecule is O=C(NCc1ccc(C(=O)O)cc1)NC1CCCN(Cc2ccccn2)C1=O. The number of hydrogen-bond donors (Lipinski definition) is 3. The maximum absolute atomic E-state index is 12.6. The Morgan fingerprint density at radius 2 is 1.96 bits per heavy atom. The van der Waals surface area contributed by atoms with Crippen molar-refractivity contribution in [3.63, 3.8) is 0 Å². The van der Waals surface area contributed by atoms with E-state index in [-0.39, 0.29) is 18.0 Å². The van der Waals surface area contributed by atoms with Gasteiger partial charge in [0.1, 0.15) is 6.04 Å². The standard InChI is InChI=1S/C20H22N4O4/c25-18-17(5-3-11-24(18)13-16-4-1-2-10-21-16)23-20(28)22-12-14-6-8-15(9-7-14)19(26)27/h1-2,4,6-10,17H,3,5,11-13H2,(H,26,27)(H2,22,23,28). The normalized spacial score (nSPS) is 16.5. The summed E-state index contributed by atoms with van der Waals surface area (Å²) in [5.74, 6) is -1.11. The van der Waals surface area contributed by atoms with E-state index in [4.69, 9.17) is 5.11 Å². The zero-order chi connectivity index (χ0) is 19.9. The van der Waals surface area contributed by atoms with Crippen LogP contribution in [-0.4, -0.2) is 45.5 Å². The average molecular weight is 382 g/mol. The number of aromatic carboxylic acids is 1. The van der Waals surface area contributed by atoms with Gasteiger partial charge >= 0.3 is 12.0 Å². The minimum atomic E-state index is -0.997. The number of carboxylic acids is 1. The van der Waals surface area contributed by atoms with Gasteiger partial charge in [-0.3, -0.25) is 9.78 Å². The molecule has 1 aliphatic heterocycles. The minimum absolute atomic E-state index is 0.113. The first-order valence-electron chi connectivity index (χ1n) is 9.08. The highest BCUT2D eigenvalue weighted by atomic mass is 16.4. The lowest BCUT2D eigenvalue weighted by molar-refractivity contribution is -0.136. The van der Waals surface area contributed by atoms with E-state index in [2.05, 4.69) is 15.6 Å². The molecule has 2 aromatic rings. The summed E-state index contributed by atoms with van der Waals surface area (Å²) in [4.78, 5) is 41.6. The van der Waals surface area contributed by atoms with Gasteiger partial charge in [-0.2, -0.15) is 0 Å². The van der Waals surface area contributed by atoms with Crippen molar-refractivity contribution in [1.82, 2.24) is 20.5 Å². The quantitative estimate of drug-likeness (QED) is 0.705. The minimum Gasteiger partial charge on any atom is -0.478 e. The summed E-state index contributed by atoms with van der Waals surface area (Å²) < 4.78 is 0. The number of benzene rings is 1. The highest BCUT2D eigenvalue weighted by molar-refractivity contribution is 5.88. The number of likely N-dealkylation sites (tertiary alicyclic amines) is 1. The highest BCUT2D eigenvalue weighted by Gasteiger charge is 2.30. The van der Waals surface area contributed by atoms with E-state index in [0.717, 1.165) is 17.7 Å². The number of aromatic nitrogens is 1. The first-order chi connectivity index (χ1) is 13.5. The first-order valence-corrected chi connectivity index (χ1v) is 9.08. The van der Waals surface area contributed by atoms with E-state index in [1.165, 1.54) is 12.1 Å². The van der Waals surface area contributed by atoms with Crippen molar-refractivity contribution in [2.45, 2.75) is 32.0 Å². The number of pyridine rings is 1. The predicted octanol–water partition coefficient (Wildman–Crippen LogP) is 1.77. The molecule has 1 aliphatic rings. The topological polar surface area (TPSA) is 112 Å². The van der Waals surface area contributed by atoms with Crippen LogP contribution >= 0.6 is 0 Å². The second kappa shape index (κ2) is 8.98. The van der Waals surface area contributed by atoms with Crippen LogP contribution in [0.25, 0.3) is 0 Å². The van der Waals surface area contributed by atoms with E-state index in [1.54, 1.807) is 23.2 Å². The molecule has 3 amide bonds. The lowest BCUT2D eigenvalue weighted by Crippen LogP contribution is -2.53. The zero-order valence-corrected chi connectivity index (χ0v) is 15.3. The lowest BCUT2D eigenvalue weighted by Gasteiger charge is -2.32. The van der Waals surface area contributed by atoms with Crippen molar-refractivity contribution in [2.75, 3.05) is 6.54 Å². The van der Waals surface area contributed by atoms with Crippen molar-refractivity contribution >= 4 is 17.9 Å². The van der Waals surface area contributed by atoms with E-state index < -0.39 is 18.0 Å². The van der Waals surface area contributed by atoms with Gasteiger partial charge < -0.3 is 20.6 Å². The average Bonchev–Trinajstić information content (AvgIpc) is 2.70. The third-order valence-corrected chi connectivity index (χ3v) is 4.57. The molecular formula is C20H22N4O4. The van der Waals surface area contributed by atoms with Crippen LogP contribution in [0.5, 0.6) is 0 Å². The number of nitrogens with one attached hydrogen (secondary N) is 2. The summed E-state index contributed by atoms with van der Waals surface area (Å²) in [6.07, 6.45) is 3.09. The van der Waals surface area contributed by atoms with Crippen LogP contribution in [0.3, 0.4) is 0 Å². The molecule has 8 nitrogen and oxygen atoms in total. The smallest absolute Gasteiger partial charge is 0.335 e. The van der Waals surface area contributed by atoms with Crippen LogP contribution in [0.15, 0.2) is 48.7 Å². The molecule has 1 aromatic heterocycles. The summed E-state index contributed by atoms with van der Waals surface area (Å²) in [5, 5.41) is 14.3. The molecule has 0 spiro atoms. The number of carbonyl (C=O) groups is 3. The molecule has 0 bridgehead atoms. The van der Waals surface area contributed by atoms with Gasteiger partial charge in [0.2, 0.25) is 5.91 Å². The van der Waals surface area contributed by atoms with Gasteiger partial charge in [0.25, 0.3) is 0 Å². The van der Waals surface area contributed by atoms with Crippen molar-refractivity contribution in [2.24, 2.45) is 0 Å². The van der Waals surface area contributed by atoms with Crippen LogP contribution < -0.4 is 10.6 Å². The Balaban J connectivity index is 1.50. The molecule has 0 radical (unpaired) electrons. The molecule has 1 saturated heterocycles. The largest absolute Gasteiger partial charge is 0.478 e. The van der Waals surface area contributed by atoms with Crippen molar-refractivity contribution < 1.29 is 19.5 Å². The highest BCUT2D eigenvalue weighted by Crippen LogP contribution is 2.14. The molecule has 8 heteroatoms. The fourth-order valence-corrected chi connectivity index (χ4v) is 3.08. The Morgan fingerprint density at radius 3 is 2.64 bits per heavy atom. The summed E-state index contributed by atoms with van der Waals surface area (Å²) in [5.41, 5.74) is 1.77. The summed E-state index contributed by atoms with van der Waals surface area (Å²) in [7, 11) is 0. The van der Waals surface area contributed by atoms with Crippen LogP contribution in [-0.2, 0) is 17.9 Å². The molecule has 0 saturated carbocycles. The Labute approximate surface area is 162 Å². The number of nitrogens with zero attached hydrogens (tertiary/aromatic N) is 2. The molecule has 1 aromatic carbocycles. The van der Waals surface area contributed by atoms with Crippen LogP contribution in [0.4, 0.5) is 4.79 Å². The first kappa shape index (κ1) is 19.3. The van der Waals surface area contributed by atoms with Crippen LogP contribution in [0.2, 0.25) is 0 Å². The second-order valence-corrected chi connectivity index (χ2v) is 6.60. The molecule has 3 rings (SSSR count). The third kappa shape index (κ3) is 5.06. The molecule has 146 valence electrons. The Morgan fingerprint density at radius 1 is 1.18 bits per heavy atom. The molecule has 2 heterocycles. The van der Waals surface area contributed by atoms with Gasteiger partial charge in [-0.05, 0) is 42.7 Å². The van der Waals surface area contributed by atoms with Crippen molar-refractivity contribution in [1.29, 1.82) is 0 Å². The van der Waals surface area contributed by atoms with E-state index in [9.17, 15) is 14.4 Å².